The average Bonchev–Trinajstić information content (AvgIpc) is 3.10. The fourth-order valence-corrected chi connectivity index (χ4v) is 2.83. The van der Waals surface area contributed by atoms with Crippen LogP contribution in [0.3, 0.4) is 0 Å². The zero-order valence-electron chi connectivity index (χ0n) is 9.32. The maximum absolute atomic E-state index is 14.1. The van der Waals surface area contributed by atoms with E-state index in [-0.39, 0.29) is 11.1 Å². The number of benzene rings is 1. The molecule has 0 bridgehead atoms. The average molecular weight is 223 g/mol. The second-order valence-electron chi connectivity index (χ2n) is 5.29. The molecule has 3 heteroatoms. The van der Waals surface area contributed by atoms with Gasteiger partial charge in [-0.15, -0.1) is 0 Å². The lowest BCUT2D eigenvalue weighted by atomic mass is 9.84. The molecular formula is C13H15F2N. The predicted molar refractivity (Wildman–Crippen MR) is 58.2 cm³/mol. The van der Waals surface area contributed by atoms with Crippen molar-refractivity contribution in [2.24, 2.45) is 5.73 Å². The quantitative estimate of drug-likeness (QED) is 0.819. The van der Waals surface area contributed by atoms with Crippen molar-refractivity contribution in [3.05, 3.63) is 34.9 Å². The Morgan fingerprint density at radius 3 is 2.25 bits per heavy atom. The maximum Gasteiger partial charge on any atom is 0.132 e. The number of nitrogens with two attached hydrogens (primary N) is 1. The van der Waals surface area contributed by atoms with E-state index in [9.17, 15) is 8.78 Å². The summed E-state index contributed by atoms with van der Waals surface area (Å²) < 4.78 is 27.9. The zero-order valence-corrected chi connectivity index (χ0v) is 9.32. The molecule has 0 spiro atoms. The van der Waals surface area contributed by atoms with Crippen LogP contribution in [0.15, 0.2) is 12.1 Å². The van der Waals surface area contributed by atoms with E-state index >= 15 is 0 Å². The first-order valence-electron chi connectivity index (χ1n) is 5.74. The van der Waals surface area contributed by atoms with Gasteiger partial charge >= 0.3 is 0 Å². The lowest BCUT2D eigenvalue weighted by molar-refractivity contribution is 0.441. The molecule has 1 aromatic rings. The minimum absolute atomic E-state index is 0.243. The van der Waals surface area contributed by atoms with Crippen LogP contribution in [0, 0.1) is 18.6 Å². The molecule has 0 aliphatic heterocycles. The molecule has 1 nitrogen and oxygen atoms in total. The summed E-state index contributed by atoms with van der Waals surface area (Å²) in [5.74, 6) is -0.827. The summed E-state index contributed by atoms with van der Waals surface area (Å²) in [5, 5.41) is 0. The molecular weight excluding hydrogens is 208 g/mol. The summed E-state index contributed by atoms with van der Waals surface area (Å²) in [7, 11) is 0. The van der Waals surface area contributed by atoms with Gasteiger partial charge in [0.05, 0.1) is 0 Å². The van der Waals surface area contributed by atoms with Gasteiger partial charge < -0.3 is 5.73 Å². The Balaban J connectivity index is 2.17. The molecule has 2 fully saturated rings. The highest BCUT2D eigenvalue weighted by Crippen LogP contribution is 2.64. The van der Waals surface area contributed by atoms with Crippen LogP contribution in [-0.4, -0.2) is 5.54 Å². The highest BCUT2D eigenvalue weighted by Gasteiger charge is 2.65. The summed E-state index contributed by atoms with van der Waals surface area (Å²) >= 11 is 0. The van der Waals surface area contributed by atoms with Crippen molar-refractivity contribution < 1.29 is 8.78 Å². The Hall–Kier alpha value is -0.960. The van der Waals surface area contributed by atoms with Crippen molar-refractivity contribution in [2.75, 3.05) is 0 Å². The third-order valence-corrected chi connectivity index (χ3v) is 4.25. The minimum Gasteiger partial charge on any atom is -0.324 e. The second-order valence-corrected chi connectivity index (χ2v) is 5.29. The molecule has 2 N–H and O–H groups in total. The normalized spacial score (nSPS) is 24.2. The Morgan fingerprint density at radius 2 is 1.75 bits per heavy atom. The lowest BCUT2D eigenvalue weighted by Crippen LogP contribution is -2.38. The van der Waals surface area contributed by atoms with Gasteiger partial charge in [0.15, 0.2) is 0 Å². The molecule has 3 rings (SSSR count). The molecule has 0 amide bonds. The summed E-state index contributed by atoms with van der Waals surface area (Å²) in [6.07, 6.45) is 3.42. The molecule has 0 saturated heterocycles. The van der Waals surface area contributed by atoms with Gasteiger partial charge in [-0.3, -0.25) is 0 Å². The molecule has 16 heavy (non-hydrogen) atoms. The highest BCUT2D eigenvalue weighted by molar-refractivity contribution is 5.44. The van der Waals surface area contributed by atoms with E-state index < -0.39 is 17.0 Å². The van der Waals surface area contributed by atoms with E-state index in [0.717, 1.165) is 25.7 Å². The van der Waals surface area contributed by atoms with Crippen LogP contribution in [0.5, 0.6) is 0 Å². The maximum atomic E-state index is 14.1. The topological polar surface area (TPSA) is 26.0 Å². The van der Waals surface area contributed by atoms with Crippen LogP contribution in [-0.2, 0) is 5.41 Å². The summed E-state index contributed by atoms with van der Waals surface area (Å²) in [6, 6.07) is 2.85. The van der Waals surface area contributed by atoms with E-state index in [4.69, 9.17) is 5.73 Å². The molecule has 2 aliphatic rings. The van der Waals surface area contributed by atoms with Crippen molar-refractivity contribution in [3.8, 4) is 0 Å². The molecule has 0 heterocycles. The van der Waals surface area contributed by atoms with Crippen LogP contribution in [0.25, 0.3) is 0 Å². The fraction of sp³-hybridized carbons (Fsp3) is 0.538. The minimum atomic E-state index is -0.433. The van der Waals surface area contributed by atoms with Gasteiger partial charge in [-0.25, -0.2) is 8.78 Å². The number of hydrogen-bond acceptors (Lipinski definition) is 1. The van der Waals surface area contributed by atoms with Crippen molar-refractivity contribution >= 4 is 0 Å². The Kier molecular flexibility index (Phi) is 1.81. The number of halogens is 2. The molecule has 2 saturated carbocycles. The van der Waals surface area contributed by atoms with Gasteiger partial charge in [0.2, 0.25) is 0 Å². The molecule has 0 radical (unpaired) electrons. The van der Waals surface area contributed by atoms with Crippen LogP contribution in [0.2, 0.25) is 0 Å². The molecule has 0 atom stereocenters. The largest absolute Gasteiger partial charge is 0.324 e. The monoisotopic (exact) mass is 223 g/mol. The molecule has 86 valence electrons. The standard InChI is InChI=1S/C13H15F2N/c1-8-2-3-9(14)10(11(8)15)12(4-5-12)13(16)6-7-13/h2-3H,4-7,16H2,1H3. The zero-order chi connectivity index (χ0) is 11.6. The predicted octanol–water partition coefficient (Wildman–Crippen LogP) is 2.80. The van der Waals surface area contributed by atoms with Gasteiger partial charge in [-0.05, 0) is 44.2 Å². The number of aryl methyl sites for hydroxylation is 1. The van der Waals surface area contributed by atoms with Crippen LogP contribution in [0.1, 0.15) is 36.8 Å². The first-order valence-corrected chi connectivity index (χ1v) is 5.74. The summed E-state index contributed by atoms with van der Waals surface area (Å²) in [4.78, 5) is 0. The van der Waals surface area contributed by atoms with Crippen molar-refractivity contribution in [1.29, 1.82) is 0 Å². The first kappa shape index (κ1) is 10.2. The van der Waals surface area contributed by atoms with Crippen LogP contribution >= 0.6 is 0 Å². The third kappa shape index (κ3) is 1.12. The molecule has 0 unspecified atom stereocenters. The Bertz CT molecular complexity index is 459. The van der Waals surface area contributed by atoms with Crippen molar-refractivity contribution in [1.82, 2.24) is 0 Å². The van der Waals surface area contributed by atoms with E-state index in [1.165, 1.54) is 12.1 Å². The smallest absolute Gasteiger partial charge is 0.132 e. The SMILES string of the molecule is Cc1ccc(F)c(C2(C3(N)CC3)CC2)c1F. The second kappa shape index (κ2) is 2.83. The van der Waals surface area contributed by atoms with Crippen molar-refractivity contribution in [2.45, 2.75) is 43.6 Å². The lowest BCUT2D eigenvalue weighted by Gasteiger charge is -2.24. The first-order chi connectivity index (χ1) is 7.50. The summed E-state index contributed by atoms with van der Waals surface area (Å²) in [5.41, 5.74) is 6.17. The molecule has 2 aliphatic carbocycles. The van der Waals surface area contributed by atoms with Crippen LogP contribution < -0.4 is 5.73 Å². The van der Waals surface area contributed by atoms with Gasteiger partial charge in [0, 0.05) is 16.5 Å². The Morgan fingerprint density at radius 1 is 1.12 bits per heavy atom. The van der Waals surface area contributed by atoms with E-state index in [1.807, 2.05) is 0 Å². The molecule has 0 aromatic heterocycles. The van der Waals surface area contributed by atoms with Crippen LogP contribution in [0.4, 0.5) is 8.78 Å². The van der Waals surface area contributed by atoms with Gasteiger partial charge in [-0.1, -0.05) is 6.07 Å². The van der Waals surface area contributed by atoms with Gasteiger partial charge in [0.1, 0.15) is 11.6 Å². The van der Waals surface area contributed by atoms with E-state index in [0.29, 0.717) is 5.56 Å². The Labute approximate surface area is 93.6 Å². The third-order valence-electron chi connectivity index (χ3n) is 4.25. The van der Waals surface area contributed by atoms with E-state index in [2.05, 4.69) is 0 Å². The number of rotatable bonds is 2. The van der Waals surface area contributed by atoms with Gasteiger partial charge in [0.25, 0.3) is 0 Å². The van der Waals surface area contributed by atoms with Crippen molar-refractivity contribution in [3.63, 3.8) is 0 Å². The highest BCUT2D eigenvalue weighted by atomic mass is 19.1. The molecule has 1 aromatic carbocycles. The van der Waals surface area contributed by atoms with E-state index in [1.54, 1.807) is 6.92 Å². The number of hydrogen-bond donors (Lipinski definition) is 1. The fourth-order valence-electron chi connectivity index (χ4n) is 2.83. The van der Waals surface area contributed by atoms with Gasteiger partial charge in [-0.2, -0.15) is 0 Å². The summed E-state index contributed by atoms with van der Waals surface area (Å²) in [6.45, 7) is 1.67.